The Labute approximate surface area is 161 Å². The van der Waals surface area contributed by atoms with Gasteiger partial charge in [-0.3, -0.25) is 9.59 Å². The molecule has 0 saturated carbocycles. The van der Waals surface area contributed by atoms with Gasteiger partial charge in [-0.25, -0.2) is 0 Å². The molecule has 0 atom stereocenters. The highest BCUT2D eigenvalue weighted by molar-refractivity contribution is 5.98. The van der Waals surface area contributed by atoms with E-state index in [-0.39, 0.29) is 24.3 Å². The summed E-state index contributed by atoms with van der Waals surface area (Å²) in [6.07, 6.45) is 1.36. The summed E-state index contributed by atoms with van der Waals surface area (Å²) in [6.45, 7) is 10.2. The number of benzene rings is 1. The van der Waals surface area contributed by atoms with Crippen LogP contribution in [0.15, 0.2) is 18.2 Å². The van der Waals surface area contributed by atoms with Crippen molar-refractivity contribution in [2.75, 3.05) is 37.7 Å². The average Bonchev–Trinajstić information content (AvgIpc) is 3.08. The monoisotopic (exact) mass is 374 g/mol. The number of nitrogens with zero attached hydrogens (tertiary/aromatic N) is 2. The number of rotatable bonds is 4. The van der Waals surface area contributed by atoms with Gasteiger partial charge < -0.3 is 19.3 Å². The van der Waals surface area contributed by atoms with Crippen LogP contribution in [0.4, 0.5) is 5.69 Å². The molecule has 3 rings (SSSR count). The van der Waals surface area contributed by atoms with Crippen LogP contribution in [-0.2, 0) is 19.1 Å². The van der Waals surface area contributed by atoms with Gasteiger partial charge in [-0.1, -0.05) is 32.0 Å². The predicted molar refractivity (Wildman–Crippen MR) is 104 cm³/mol. The molecule has 6 nitrogen and oxygen atoms in total. The largest absolute Gasteiger partial charge is 0.347 e. The van der Waals surface area contributed by atoms with Crippen LogP contribution in [-0.4, -0.2) is 55.3 Å². The Morgan fingerprint density at radius 2 is 1.81 bits per heavy atom. The molecule has 2 aliphatic rings. The molecule has 2 fully saturated rings. The Kier molecular flexibility index (Phi) is 5.86. The number of carbonyl (C=O) groups is 2. The second kappa shape index (κ2) is 7.98. The van der Waals surface area contributed by atoms with Crippen LogP contribution in [0, 0.1) is 6.92 Å². The number of para-hydroxylation sites is 1. The summed E-state index contributed by atoms with van der Waals surface area (Å²) in [6, 6.07) is 6.02. The van der Waals surface area contributed by atoms with Crippen LogP contribution in [0.5, 0.6) is 0 Å². The lowest BCUT2D eigenvalue weighted by molar-refractivity contribution is -0.187. The smallest absolute Gasteiger partial charge is 0.242 e. The normalized spacial score (nSPS) is 18.9. The lowest BCUT2D eigenvalue weighted by Gasteiger charge is -2.38. The van der Waals surface area contributed by atoms with Crippen molar-refractivity contribution < 1.29 is 19.1 Å². The second-order valence-corrected chi connectivity index (χ2v) is 7.76. The molecule has 2 amide bonds. The first kappa shape index (κ1) is 19.8. The summed E-state index contributed by atoms with van der Waals surface area (Å²) in [5.41, 5.74) is 2.96. The summed E-state index contributed by atoms with van der Waals surface area (Å²) in [5.74, 6) is -0.382. The molecule has 2 heterocycles. The van der Waals surface area contributed by atoms with Crippen LogP contribution in [0.3, 0.4) is 0 Å². The van der Waals surface area contributed by atoms with Crippen LogP contribution in [0.25, 0.3) is 0 Å². The van der Waals surface area contributed by atoms with E-state index < -0.39 is 5.79 Å². The van der Waals surface area contributed by atoms with Crippen molar-refractivity contribution >= 4 is 17.5 Å². The molecule has 0 N–H and O–H groups in total. The number of ether oxygens (including phenoxy) is 2. The van der Waals surface area contributed by atoms with Crippen LogP contribution in [0.1, 0.15) is 50.7 Å². The number of carbonyl (C=O) groups excluding carboxylic acids is 2. The molecule has 0 unspecified atom stereocenters. The summed E-state index contributed by atoms with van der Waals surface area (Å²) in [5, 5.41) is 0. The Balaban J connectivity index is 1.74. The Morgan fingerprint density at radius 1 is 1.19 bits per heavy atom. The molecule has 0 aliphatic carbocycles. The quantitative estimate of drug-likeness (QED) is 0.813. The lowest BCUT2D eigenvalue weighted by atomic mass is 9.97. The molecular formula is C21H30N2O4. The third kappa shape index (κ3) is 4.17. The zero-order chi connectivity index (χ0) is 19.6. The van der Waals surface area contributed by atoms with Gasteiger partial charge in [-0.15, -0.1) is 0 Å². The summed E-state index contributed by atoms with van der Waals surface area (Å²) < 4.78 is 11.5. The molecule has 27 heavy (non-hydrogen) atoms. The van der Waals surface area contributed by atoms with Gasteiger partial charge in [0.15, 0.2) is 5.79 Å². The zero-order valence-corrected chi connectivity index (χ0v) is 16.8. The minimum absolute atomic E-state index is 0.0315. The van der Waals surface area contributed by atoms with Crippen molar-refractivity contribution in [3.8, 4) is 0 Å². The van der Waals surface area contributed by atoms with Gasteiger partial charge in [-0.05, 0) is 24.0 Å². The van der Waals surface area contributed by atoms with Crippen molar-refractivity contribution in [2.45, 2.75) is 52.2 Å². The summed E-state index contributed by atoms with van der Waals surface area (Å²) in [4.78, 5) is 28.8. The van der Waals surface area contributed by atoms with Gasteiger partial charge in [0.25, 0.3) is 0 Å². The van der Waals surface area contributed by atoms with Crippen molar-refractivity contribution in [1.82, 2.24) is 4.90 Å². The molecule has 0 aromatic heterocycles. The number of hydrogen-bond acceptors (Lipinski definition) is 4. The highest BCUT2D eigenvalue weighted by atomic mass is 16.7. The highest BCUT2D eigenvalue weighted by Gasteiger charge is 2.41. The number of anilines is 1. The molecule has 2 saturated heterocycles. The molecule has 1 spiro atoms. The maximum atomic E-state index is 12.9. The van der Waals surface area contributed by atoms with E-state index in [0.717, 1.165) is 16.8 Å². The zero-order valence-electron chi connectivity index (χ0n) is 16.8. The number of amides is 2. The van der Waals surface area contributed by atoms with E-state index >= 15 is 0 Å². The average molecular weight is 374 g/mol. The number of hydrogen-bond donors (Lipinski definition) is 0. The number of aryl methyl sites for hydroxylation is 1. The summed E-state index contributed by atoms with van der Waals surface area (Å²) >= 11 is 0. The first-order valence-corrected chi connectivity index (χ1v) is 9.76. The summed E-state index contributed by atoms with van der Waals surface area (Å²) in [7, 11) is 0. The fourth-order valence-corrected chi connectivity index (χ4v) is 3.98. The minimum Gasteiger partial charge on any atom is -0.347 e. The third-order valence-electron chi connectivity index (χ3n) is 5.53. The maximum Gasteiger partial charge on any atom is 0.242 e. The highest BCUT2D eigenvalue weighted by Crippen LogP contribution is 2.33. The van der Waals surface area contributed by atoms with Gasteiger partial charge in [0, 0.05) is 32.9 Å². The molecule has 0 bridgehead atoms. The van der Waals surface area contributed by atoms with Crippen LogP contribution < -0.4 is 4.90 Å². The fraction of sp³-hybridized carbons (Fsp3) is 0.619. The minimum atomic E-state index is -0.502. The number of piperidine rings is 1. The standard InChI is InChI=1S/C21H30N2O4/c1-15(2)18-7-5-6-16(3)20(18)23(17(4)24)14-19(25)22-10-8-21(9-11-22)26-12-13-27-21/h5-7,15H,8-14H2,1-4H3. The Morgan fingerprint density at radius 3 is 2.37 bits per heavy atom. The van der Waals surface area contributed by atoms with Gasteiger partial charge in [0.2, 0.25) is 11.8 Å². The van der Waals surface area contributed by atoms with E-state index in [9.17, 15) is 9.59 Å². The lowest BCUT2D eigenvalue weighted by Crippen LogP contribution is -2.50. The van der Waals surface area contributed by atoms with Crippen LogP contribution in [0.2, 0.25) is 0 Å². The van der Waals surface area contributed by atoms with Gasteiger partial charge >= 0.3 is 0 Å². The maximum absolute atomic E-state index is 12.9. The molecule has 0 radical (unpaired) electrons. The fourth-order valence-electron chi connectivity index (χ4n) is 3.98. The van der Waals surface area contributed by atoms with E-state index in [1.54, 1.807) is 4.90 Å². The Bertz CT molecular complexity index is 700. The van der Waals surface area contributed by atoms with Crippen molar-refractivity contribution in [3.05, 3.63) is 29.3 Å². The second-order valence-electron chi connectivity index (χ2n) is 7.76. The van der Waals surface area contributed by atoms with Gasteiger partial charge in [0.1, 0.15) is 6.54 Å². The molecule has 6 heteroatoms. The van der Waals surface area contributed by atoms with Crippen molar-refractivity contribution in [3.63, 3.8) is 0 Å². The Hall–Kier alpha value is -1.92. The molecule has 148 valence electrons. The van der Waals surface area contributed by atoms with E-state index in [1.165, 1.54) is 6.92 Å². The first-order valence-electron chi connectivity index (χ1n) is 9.76. The topological polar surface area (TPSA) is 59.1 Å². The molecule has 1 aromatic rings. The molecular weight excluding hydrogens is 344 g/mol. The van der Waals surface area contributed by atoms with Gasteiger partial charge in [0.05, 0.1) is 18.9 Å². The SMILES string of the molecule is CC(=O)N(CC(=O)N1CCC2(CC1)OCCO2)c1c(C)cccc1C(C)C. The van der Waals surface area contributed by atoms with Crippen molar-refractivity contribution in [1.29, 1.82) is 0 Å². The van der Waals surface area contributed by atoms with E-state index in [1.807, 2.05) is 30.0 Å². The van der Waals surface area contributed by atoms with Gasteiger partial charge in [-0.2, -0.15) is 0 Å². The van der Waals surface area contributed by atoms with E-state index in [4.69, 9.17) is 9.47 Å². The van der Waals surface area contributed by atoms with E-state index in [2.05, 4.69) is 13.8 Å². The van der Waals surface area contributed by atoms with E-state index in [0.29, 0.717) is 39.1 Å². The molecule has 1 aromatic carbocycles. The van der Waals surface area contributed by atoms with Crippen molar-refractivity contribution in [2.24, 2.45) is 0 Å². The first-order chi connectivity index (χ1) is 12.8. The number of likely N-dealkylation sites (tertiary alicyclic amines) is 1. The third-order valence-corrected chi connectivity index (χ3v) is 5.53. The molecule has 2 aliphatic heterocycles. The van der Waals surface area contributed by atoms with Crippen LogP contribution >= 0.6 is 0 Å². The predicted octanol–water partition coefficient (Wildman–Crippen LogP) is 2.84.